The first kappa shape index (κ1) is 13.7. The molecule has 0 radical (unpaired) electrons. The van der Waals surface area contributed by atoms with E-state index in [4.69, 9.17) is 16.3 Å². The Balaban J connectivity index is 2.02. The predicted molar refractivity (Wildman–Crippen MR) is 91.2 cm³/mol. The lowest BCUT2D eigenvalue weighted by Crippen LogP contribution is -2.27. The van der Waals surface area contributed by atoms with Crippen LogP contribution in [0.4, 0.5) is 0 Å². The molecule has 2 aromatic carbocycles. The van der Waals surface area contributed by atoms with Crippen molar-refractivity contribution in [2.75, 3.05) is 7.11 Å². The Kier molecular flexibility index (Phi) is 2.82. The van der Waals surface area contributed by atoms with E-state index in [1.807, 2.05) is 0 Å². The second-order valence-corrected chi connectivity index (χ2v) is 6.88. The van der Waals surface area contributed by atoms with Crippen molar-refractivity contribution in [3.05, 3.63) is 63.8 Å². The molecule has 3 heteroatoms. The SMILES string of the molecule is COc1cc2c(cc1Cl)Cc1c([nH]c3ccccc13)C2(C)C. The lowest BCUT2D eigenvalue weighted by molar-refractivity contribution is 0.412. The van der Waals surface area contributed by atoms with E-state index in [-0.39, 0.29) is 5.41 Å². The molecule has 0 saturated heterocycles. The fourth-order valence-electron chi connectivity index (χ4n) is 3.72. The van der Waals surface area contributed by atoms with Gasteiger partial charge in [-0.3, -0.25) is 0 Å². The fourth-order valence-corrected chi connectivity index (χ4v) is 3.98. The molecule has 1 N–H and O–H groups in total. The summed E-state index contributed by atoms with van der Waals surface area (Å²) in [6.07, 6.45) is 0.905. The summed E-state index contributed by atoms with van der Waals surface area (Å²) >= 11 is 6.34. The number of hydrogen-bond donors (Lipinski definition) is 1. The average molecular weight is 312 g/mol. The quantitative estimate of drug-likeness (QED) is 0.667. The number of para-hydroxylation sites is 1. The summed E-state index contributed by atoms with van der Waals surface area (Å²) in [5, 5.41) is 1.99. The molecule has 0 bridgehead atoms. The van der Waals surface area contributed by atoms with Gasteiger partial charge in [0, 0.05) is 28.4 Å². The third-order valence-corrected chi connectivity index (χ3v) is 5.15. The van der Waals surface area contributed by atoms with Crippen LogP contribution in [0.1, 0.15) is 36.2 Å². The van der Waals surface area contributed by atoms with Crippen molar-refractivity contribution in [3.63, 3.8) is 0 Å². The molecule has 1 heterocycles. The summed E-state index contributed by atoms with van der Waals surface area (Å²) < 4.78 is 5.41. The first-order valence-electron chi connectivity index (χ1n) is 7.49. The number of benzene rings is 2. The molecule has 4 rings (SSSR count). The number of nitrogens with one attached hydrogen (secondary N) is 1. The van der Waals surface area contributed by atoms with Gasteiger partial charge >= 0.3 is 0 Å². The summed E-state index contributed by atoms with van der Waals surface area (Å²) in [7, 11) is 1.66. The van der Waals surface area contributed by atoms with Crippen LogP contribution in [-0.2, 0) is 11.8 Å². The van der Waals surface area contributed by atoms with Gasteiger partial charge in [0.2, 0.25) is 0 Å². The second-order valence-electron chi connectivity index (χ2n) is 6.47. The number of ether oxygens (including phenoxy) is 1. The molecule has 1 aromatic heterocycles. The zero-order chi connectivity index (χ0) is 15.5. The van der Waals surface area contributed by atoms with Crippen molar-refractivity contribution in [2.45, 2.75) is 25.7 Å². The maximum atomic E-state index is 6.34. The Hall–Kier alpha value is -1.93. The summed E-state index contributed by atoms with van der Waals surface area (Å²) in [6, 6.07) is 12.7. The monoisotopic (exact) mass is 311 g/mol. The molecule has 0 atom stereocenters. The highest BCUT2D eigenvalue weighted by Crippen LogP contribution is 2.46. The van der Waals surface area contributed by atoms with Crippen molar-refractivity contribution >= 4 is 22.5 Å². The molecule has 1 aliphatic carbocycles. The highest BCUT2D eigenvalue weighted by Gasteiger charge is 2.35. The van der Waals surface area contributed by atoms with Gasteiger partial charge in [0.15, 0.2) is 0 Å². The molecule has 0 saturated carbocycles. The molecule has 3 aromatic rings. The Bertz CT molecular complexity index is 892. The third kappa shape index (κ3) is 1.74. The van der Waals surface area contributed by atoms with Crippen LogP contribution in [0.5, 0.6) is 5.75 Å². The number of aromatic nitrogens is 1. The maximum Gasteiger partial charge on any atom is 0.137 e. The first-order chi connectivity index (χ1) is 10.5. The number of rotatable bonds is 1. The largest absolute Gasteiger partial charge is 0.495 e. The predicted octanol–water partition coefficient (Wildman–Crippen LogP) is 5.06. The molecule has 0 aliphatic heterocycles. The average Bonchev–Trinajstić information content (AvgIpc) is 2.87. The maximum absolute atomic E-state index is 6.34. The van der Waals surface area contributed by atoms with Gasteiger partial charge in [0.05, 0.1) is 12.1 Å². The number of methoxy groups -OCH3 is 1. The van der Waals surface area contributed by atoms with Crippen molar-refractivity contribution in [3.8, 4) is 5.75 Å². The summed E-state index contributed by atoms with van der Waals surface area (Å²) in [5.74, 6) is 0.744. The Labute approximate surface area is 135 Å². The highest BCUT2D eigenvalue weighted by atomic mass is 35.5. The molecule has 2 nitrogen and oxygen atoms in total. The van der Waals surface area contributed by atoms with Crippen molar-refractivity contribution in [1.82, 2.24) is 4.98 Å². The van der Waals surface area contributed by atoms with Gasteiger partial charge in [0.1, 0.15) is 5.75 Å². The summed E-state index contributed by atoms with van der Waals surface area (Å²) in [4.78, 5) is 3.63. The summed E-state index contributed by atoms with van der Waals surface area (Å²) in [6.45, 7) is 4.51. The molecule has 0 amide bonds. The van der Waals surface area contributed by atoms with Crippen molar-refractivity contribution < 1.29 is 4.74 Å². The zero-order valence-corrected chi connectivity index (χ0v) is 13.7. The Morgan fingerprint density at radius 3 is 2.73 bits per heavy atom. The van der Waals surface area contributed by atoms with Crippen molar-refractivity contribution in [1.29, 1.82) is 0 Å². The van der Waals surface area contributed by atoms with Crippen LogP contribution < -0.4 is 4.74 Å². The second kappa shape index (κ2) is 4.53. The number of hydrogen-bond acceptors (Lipinski definition) is 1. The van der Waals surface area contributed by atoms with E-state index < -0.39 is 0 Å². The van der Waals surface area contributed by atoms with Gasteiger partial charge in [0.25, 0.3) is 0 Å². The highest BCUT2D eigenvalue weighted by molar-refractivity contribution is 6.32. The molecular formula is C19H18ClNO. The van der Waals surface area contributed by atoms with E-state index in [1.165, 1.54) is 33.3 Å². The zero-order valence-electron chi connectivity index (χ0n) is 13.0. The number of halogens is 1. The van der Waals surface area contributed by atoms with Gasteiger partial charge in [-0.1, -0.05) is 43.6 Å². The van der Waals surface area contributed by atoms with E-state index in [0.717, 1.165) is 12.2 Å². The summed E-state index contributed by atoms with van der Waals surface area (Å²) in [5.41, 5.74) is 6.35. The lowest BCUT2D eigenvalue weighted by atomic mass is 9.72. The third-order valence-electron chi connectivity index (χ3n) is 4.86. The van der Waals surface area contributed by atoms with Crippen molar-refractivity contribution in [2.24, 2.45) is 0 Å². The van der Waals surface area contributed by atoms with Crippen LogP contribution in [0.25, 0.3) is 10.9 Å². The van der Waals surface area contributed by atoms with E-state index >= 15 is 0 Å². The minimum absolute atomic E-state index is 0.0974. The van der Waals surface area contributed by atoms with Crippen LogP contribution in [0.3, 0.4) is 0 Å². The molecule has 0 spiro atoms. The number of aromatic amines is 1. The number of fused-ring (bicyclic) bond motifs is 4. The van der Waals surface area contributed by atoms with Gasteiger partial charge in [-0.05, 0) is 34.9 Å². The van der Waals surface area contributed by atoms with Crippen LogP contribution in [-0.4, -0.2) is 12.1 Å². The van der Waals surface area contributed by atoms with Gasteiger partial charge in [-0.2, -0.15) is 0 Å². The minimum Gasteiger partial charge on any atom is -0.495 e. The molecule has 112 valence electrons. The van der Waals surface area contributed by atoms with Crippen LogP contribution in [0.15, 0.2) is 36.4 Å². The standard InChI is InChI=1S/C19H18ClNO/c1-19(2)14-10-17(22-3)15(20)9-11(14)8-13-12-6-4-5-7-16(12)21-18(13)19/h4-7,9-10,21H,8H2,1-3H3. The molecular weight excluding hydrogens is 294 g/mol. The first-order valence-corrected chi connectivity index (χ1v) is 7.87. The van der Waals surface area contributed by atoms with Gasteiger partial charge in [-0.25, -0.2) is 0 Å². The minimum atomic E-state index is -0.0974. The fraction of sp³-hybridized carbons (Fsp3) is 0.263. The lowest BCUT2D eigenvalue weighted by Gasteiger charge is -2.33. The normalized spacial score (nSPS) is 15.5. The number of H-pyrrole nitrogens is 1. The van der Waals surface area contributed by atoms with Crippen LogP contribution >= 0.6 is 11.6 Å². The Morgan fingerprint density at radius 2 is 1.95 bits per heavy atom. The van der Waals surface area contributed by atoms with E-state index in [2.05, 4.69) is 55.2 Å². The smallest absolute Gasteiger partial charge is 0.137 e. The van der Waals surface area contributed by atoms with Crippen LogP contribution in [0, 0.1) is 0 Å². The topological polar surface area (TPSA) is 25.0 Å². The molecule has 1 aliphatic rings. The Morgan fingerprint density at radius 1 is 1.18 bits per heavy atom. The molecule has 0 fully saturated rings. The molecule has 22 heavy (non-hydrogen) atoms. The van der Waals surface area contributed by atoms with Gasteiger partial charge in [-0.15, -0.1) is 0 Å². The van der Waals surface area contributed by atoms with Gasteiger partial charge < -0.3 is 9.72 Å². The van der Waals surface area contributed by atoms with Crippen LogP contribution in [0.2, 0.25) is 5.02 Å². The van der Waals surface area contributed by atoms with E-state index in [1.54, 1.807) is 7.11 Å². The van der Waals surface area contributed by atoms with E-state index in [9.17, 15) is 0 Å². The van der Waals surface area contributed by atoms with E-state index in [0.29, 0.717) is 5.02 Å². The molecule has 0 unspecified atom stereocenters.